The highest BCUT2D eigenvalue weighted by molar-refractivity contribution is 5.29. The average Bonchev–Trinajstić information content (AvgIpc) is 2.83. The van der Waals surface area contributed by atoms with Crippen LogP contribution in [0.2, 0.25) is 0 Å². The van der Waals surface area contributed by atoms with Gasteiger partial charge in [0.2, 0.25) is 11.8 Å². The molecule has 0 aliphatic heterocycles. The Hall–Kier alpha value is -2.18. The zero-order valence-corrected chi connectivity index (χ0v) is 9.01. The lowest BCUT2D eigenvalue weighted by molar-refractivity contribution is 0.397. The third kappa shape index (κ3) is 2.25. The minimum Gasteiger partial charge on any atom is -0.481 e. The smallest absolute Gasteiger partial charge is 0.226 e. The van der Waals surface area contributed by atoms with Crippen LogP contribution in [0, 0.1) is 0 Å². The number of nitrogens with one attached hydrogen (secondary N) is 2. The molecule has 0 radical (unpaired) electrons. The van der Waals surface area contributed by atoms with Crippen molar-refractivity contribution in [2.45, 2.75) is 13.0 Å². The van der Waals surface area contributed by atoms with Crippen LogP contribution in [-0.2, 0) is 0 Å². The molecule has 16 heavy (non-hydrogen) atoms. The highest BCUT2D eigenvalue weighted by Crippen LogP contribution is 2.13. The van der Waals surface area contributed by atoms with Crippen molar-refractivity contribution in [2.24, 2.45) is 0 Å². The summed E-state index contributed by atoms with van der Waals surface area (Å²) >= 11 is 0. The molecule has 0 saturated carbocycles. The van der Waals surface area contributed by atoms with Crippen LogP contribution in [0.25, 0.3) is 0 Å². The highest BCUT2D eigenvalue weighted by atomic mass is 16.5. The topological polar surface area (TPSA) is 88.6 Å². The summed E-state index contributed by atoms with van der Waals surface area (Å²) < 4.78 is 5.00. The zero-order valence-electron chi connectivity index (χ0n) is 9.01. The van der Waals surface area contributed by atoms with Crippen molar-refractivity contribution in [3.05, 3.63) is 24.4 Å². The van der Waals surface area contributed by atoms with Gasteiger partial charge in [-0.15, -0.1) is 0 Å². The first-order valence-corrected chi connectivity index (χ1v) is 4.78. The number of hydrogen-bond acceptors (Lipinski definition) is 6. The predicted octanol–water partition coefficient (Wildman–Crippen LogP) is 0.776. The largest absolute Gasteiger partial charge is 0.481 e. The van der Waals surface area contributed by atoms with Crippen molar-refractivity contribution in [2.75, 3.05) is 12.4 Å². The first kappa shape index (κ1) is 10.3. The lowest BCUT2D eigenvalue weighted by Crippen LogP contribution is -2.11. The molecule has 2 heterocycles. The number of aromatic nitrogens is 5. The van der Waals surface area contributed by atoms with Crippen molar-refractivity contribution >= 4 is 5.95 Å². The van der Waals surface area contributed by atoms with E-state index >= 15 is 0 Å². The number of methoxy groups -OCH3 is 1. The van der Waals surface area contributed by atoms with Gasteiger partial charge in [-0.3, -0.25) is 5.10 Å². The van der Waals surface area contributed by atoms with Gasteiger partial charge in [0.15, 0.2) is 0 Å². The van der Waals surface area contributed by atoms with Gasteiger partial charge in [-0.1, -0.05) is 0 Å². The van der Waals surface area contributed by atoms with E-state index < -0.39 is 0 Å². The van der Waals surface area contributed by atoms with Gasteiger partial charge >= 0.3 is 0 Å². The van der Waals surface area contributed by atoms with Crippen LogP contribution in [-0.4, -0.2) is 32.3 Å². The van der Waals surface area contributed by atoms with Crippen molar-refractivity contribution in [1.82, 2.24) is 25.1 Å². The Labute approximate surface area is 92.3 Å². The number of hydrogen-bond donors (Lipinski definition) is 2. The molecule has 0 aromatic carbocycles. The summed E-state index contributed by atoms with van der Waals surface area (Å²) in [6, 6.07) is 1.64. The fraction of sp³-hybridized carbons (Fsp3) is 0.333. The van der Waals surface area contributed by atoms with Crippen LogP contribution in [0.15, 0.2) is 18.6 Å². The molecule has 2 N–H and O–H groups in total. The molecular formula is C9H12N6O. The number of aromatic amines is 1. The van der Waals surface area contributed by atoms with E-state index in [4.69, 9.17) is 4.74 Å². The molecule has 0 fully saturated rings. The lowest BCUT2D eigenvalue weighted by Gasteiger charge is -2.10. The summed E-state index contributed by atoms with van der Waals surface area (Å²) in [4.78, 5) is 12.2. The number of anilines is 1. The van der Waals surface area contributed by atoms with Gasteiger partial charge in [-0.05, 0) is 6.92 Å². The molecule has 0 aliphatic carbocycles. The van der Waals surface area contributed by atoms with Crippen LogP contribution in [0.3, 0.4) is 0 Å². The second kappa shape index (κ2) is 4.56. The molecule has 2 aromatic rings. The second-order valence-corrected chi connectivity index (χ2v) is 3.16. The normalized spacial score (nSPS) is 12.1. The van der Waals surface area contributed by atoms with Crippen LogP contribution in [0.1, 0.15) is 18.8 Å². The van der Waals surface area contributed by atoms with Gasteiger partial charge in [-0.25, -0.2) is 9.97 Å². The van der Waals surface area contributed by atoms with Crippen LogP contribution < -0.4 is 10.1 Å². The molecule has 0 spiro atoms. The van der Waals surface area contributed by atoms with Crippen molar-refractivity contribution in [3.8, 4) is 5.88 Å². The summed E-state index contributed by atoms with van der Waals surface area (Å²) in [5, 5.41) is 9.64. The Balaban J connectivity index is 2.08. The Morgan fingerprint density at radius 2 is 2.31 bits per heavy atom. The van der Waals surface area contributed by atoms with Gasteiger partial charge in [0.25, 0.3) is 0 Å². The highest BCUT2D eigenvalue weighted by Gasteiger charge is 2.09. The van der Waals surface area contributed by atoms with Crippen LogP contribution in [0.5, 0.6) is 5.88 Å². The summed E-state index contributed by atoms with van der Waals surface area (Å²) in [5.41, 5.74) is 0. The van der Waals surface area contributed by atoms with E-state index in [0.29, 0.717) is 11.8 Å². The van der Waals surface area contributed by atoms with E-state index in [2.05, 4.69) is 30.5 Å². The van der Waals surface area contributed by atoms with Gasteiger partial charge in [-0.2, -0.15) is 10.1 Å². The van der Waals surface area contributed by atoms with E-state index in [1.807, 2.05) is 6.92 Å². The molecule has 84 valence electrons. The third-order valence-corrected chi connectivity index (χ3v) is 2.03. The lowest BCUT2D eigenvalue weighted by atomic mass is 10.3. The minimum absolute atomic E-state index is 0.0467. The molecule has 1 atom stereocenters. The zero-order chi connectivity index (χ0) is 11.4. The second-order valence-electron chi connectivity index (χ2n) is 3.16. The number of rotatable bonds is 4. The van der Waals surface area contributed by atoms with E-state index in [9.17, 15) is 0 Å². The van der Waals surface area contributed by atoms with E-state index in [1.54, 1.807) is 19.4 Å². The van der Waals surface area contributed by atoms with Crippen LogP contribution in [0.4, 0.5) is 5.95 Å². The maximum absolute atomic E-state index is 5.00. The molecule has 0 bridgehead atoms. The fourth-order valence-electron chi connectivity index (χ4n) is 1.21. The quantitative estimate of drug-likeness (QED) is 0.791. The van der Waals surface area contributed by atoms with Gasteiger partial charge in [0.05, 0.1) is 13.2 Å². The number of nitrogens with zero attached hydrogens (tertiary/aromatic N) is 4. The Bertz CT molecular complexity index is 443. The molecule has 7 nitrogen and oxygen atoms in total. The van der Waals surface area contributed by atoms with Gasteiger partial charge < -0.3 is 10.1 Å². The minimum atomic E-state index is -0.0467. The Kier molecular flexibility index (Phi) is 2.95. The maximum atomic E-state index is 5.00. The van der Waals surface area contributed by atoms with E-state index in [0.717, 1.165) is 5.82 Å². The first-order chi connectivity index (χ1) is 7.79. The average molecular weight is 220 g/mol. The summed E-state index contributed by atoms with van der Waals surface area (Å²) in [6.45, 7) is 1.93. The van der Waals surface area contributed by atoms with Crippen LogP contribution >= 0.6 is 0 Å². The van der Waals surface area contributed by atoms with Gasteiger partial charge in [0, 0.05) is 12.3 Å². The molecule has 1 unspecified atom stereocenters. The molecule has 2 aromatic heterocycles. The first-order valence-electron chi connectivity index (χ1n) is 4.78. The SMILES string of the molecule is COc1ccnc(NC(C)c2ncn[nH]2)n1. The summed E-state index contributed by atoms with van der Waals surface area (Å²) in [7, 11) is 1.56. The van der Waals surface area contributed by atoms with Crippen molar-refractivity contribution in [1.29, 1.82) is 0 Å². The molecule has 7 heteroatoms. The van der Waals surface area contributed by atoms with E-state index in [-0.39, 0.29) is 6.04 Å². The maximum Gasteiger partial charge on any atom is 0.226 e. The van der Waals surface area contributed by atoms with Crippen molar-refractivity contribution < 1.29 is 4.74 Å². The monoisotopic (exact) mass is 220 g/mol. The molecule has 0 saturated heterocycles. The Morgan fingerprint density at radius 1 is 1.44 bits per heavy atom. The standard InChI is InChI=1S/C9H12N6O/c1-6(8-11-5-12-15-8)13-9-10-4-3-7(14-9)16-2/h3-6H,1-2H3,(H,10,13,14)(H,11,12,15). The number of H-pyrrole nitrogens is 1. The predicted molar refractivity (Wildman–Crippen MR) is 57.0 cm³/mol. The molecular weight excluding hydrogens is 208 g/mol. The molecule has 2 rings (SSSR count). The fourth-order valence-corrected chi connectivity index (χ4v) is 1.21. The summed E-state index contributed by atoms with van der Waals surface area (Å²) in [6.07, 6.45) is 3.08. The number of ether oxygens (including phenoxy) is 1. The third-order valence-electron chi connectivity index (χ3n) is 2.03. The van der Waals surface area contributed by atoms with Crippen molar-refractivity contribution in [3.63, 3.8) is 0 Å². The van der Waals surface area contributed by atoms with Gasteiger partial charge in [0.1, 0.15) is 12.2 Å². The van der Waals surface area contributed by atoms with E-state index in [1.165, 1.54) is 6.33 Å². The molecule has 0 amide bonds. The molecule has 0 aliphatic rings. The summed E-state index contributed by atoms with van der Waals surface area (Å²) in [5.74, 6) is 1.73. The Morgan fingerprint density at radius 3 is 3.00 bits per heavy atom.